The molecule has 0 N–H and O–H groups in total. The number of aryl methyl sites for hydroxylation is 1. The van der Waals surface area contributed by atoms with Crippen molar-refractivity contribution < 1.29 is 14.3 Å². The monoisotopic (exact) mass is 389 g/mol. The predicted molar refractivity (Wildman–Crippen MR) is 105 cm³/mol. The van der Waals surface area contributed by atoms with E-state index in [0.29, 0.717) is 12.3 Å². The Bertz CT molecular complexity index is 1140. The minimum atomic E-state index is 0.250. The zero-order valence-corrected chi connectivity index (χ0v) is 15.8. The summed E-state index contributed by atoms with van der Waals surface area (Å²) in [7, 11) is 0. The molecule has 7 heteroatoms. The van der Waals surface area contributed by atoms with E-state index in [4.69, 9.17) is 20.9 Å². The third kappa shape index (κ3) is 4.33. The second-order valence-electron chi connectivity index (χ2n) is 5.85. The highest BCUT2D eigenvalue weighted by Gasteiger charge is 2.08. The molecule has 0 amide bonds. The number of thiazole rings is 1. The Morgan fingerprint density at radius 3 is 2.61 bits per heavy atom. The molecule has 0 unspecified atom stereocenters. The third-order valence-electron chi connectivity index (χ3n) is 4.02. The van der Waals surface area contributed by atoms with Crippen LogP contribution in [0.5, 0.6) is 5.75 Å². The number of carbonyl (C=O) groups excluding carboxylic acids is 2. The number of nitrogens with zero attached hydrogens (tertiary/aromatic N) is 3. The molecule has 0 spiro atoms. The molecule has 2 aromatic heterocycles. The van der Waals surface area contributed by atoms with Gasteiger partial charge in [-0.05, 0) is 36.2 Å². The highest BCUT2D eigenvalue weighted by molar-refractivity contribution is 7.15. The smallest absolute Gasteiger partial charge is 0.373 e. The Morgan fingerprint density at radius 2 is 1.96 bits per heavy atom. The number of fused-ring (bicyclic) bond motifs is 1. The molecule has 138 valence electrons. The Kier molecular flexibility index (Phi) is 5.97. The van der Waals surface area contributed by atoms with Crippen LogP contribution in [0.1, 0.15) is 11.1 Å². The van der Waals surface area contributed by atoms with Crippen molar-refractivity contribution in [2.45, 2.75) is 13.5 Å². The summed E-state index contributed by atoms with van der Waals surface area (Å²) >= 11 is 1.63. The largest absolute Gasteiger partial charge is 0.489 e. The van der Waals surface area contributed by atoms with E-state index in [1.807, 2.05) is 65.5 Å². The molecule has 0 saturated heterocycles. The van der Waals surface area contributed by atoms with Gasteiger partial charge in [0.25, 0.3) is 0 Å². The average Bonchev–Trinajstić information content (AvgIpc) is 3.30. The van der Waals surface area contributed by atoms with Crippen LogP contribution in [-0.4, -0.2) is 15.5 Å². The lowest BCUT2D eigenvalue weighted by Crippen LogP contribution is -1.97. The third-order valence-corrected chi connectivity index (χ3v) is 4.79. The predicted octanol–water partition coefficient (Wildman–Crippen LogP) is 4.92. The Labute approximate surface area is 165 Å². The second kappa shape index (κ2) is 8.78. The average molecular weight is 389 g/mol. The lowest BCUT2D eigenvalue weighted by Gasteiger charge is -2.10. The van der Waals surface area contributed by atoms with Gasteiger partial charge in [0.15, 0.2) is 10.6 Å². The van der Waals surface area contributed by atoms with Crippen molar-refractivity contribution in [1.82, 2.24) is 9.38 Å². The van der Waals surface area contributed by atoms with E-state index >= 15 is 0 Å². The SMILES string of the molecule is O=C=O.[C-]#[N+]c1ccc(COc2ccc(-c3cn4ccsc4n3)cc2C)cc1. The van der Waals surface area contributed by atoms with E-state index in [0.717, 1.165) is 33.1 Å². The van der Waals surface area contributed by atoms with Crippen LogP contribution in [0, 0.1) is 13.5 Å². The van der Waals surface area contributed by atoms with Crippen LogP contribution in [-0.2, 0) is 16.2 Å². The van der Waals surface area contributed by atoms with Crippen LogP contribution in [0.3, 0.4) is 0 Å². The quantitative estimate of drug-likeness (QED) is 0.465. The van der Waals surface area contributed by atoms with Gasteiger partial charge in [-0.1, -0.05) is 24.3 Å². The molecule has 0 radical (unpaired) electrons. The fraction of sp³-hybridized carbons (Fsp3) is 0.0952. The lowest BCUT2D eigenvalue weighted by molar-refractivity contribution is -0.191. The first-order valence-corrected chi connectivity index (χ1v) is 9.14. The molecular formula is C21H15N3O3S. The van der Waals surface area contributed by atoms with E-state index in [9.17, 15) is 0 Å². The van der Waals surface area contributed by atoms with Gasteiger partial charge in [0.2, 0.25) is 0 Å². The Hall–Kier alpha value is -3.72. The highest BCUT2D eigenvalue weighted by Crippen LogP contribution is 2.27. The van der Waals surface area contributed by atoms with Crippen molar-refractivity contribution in [2.75, 3.05) is 0 Å². The molecule has 0 aliphatic carbocycles. The van der Waals surface area contributed by atoms with Crippen LogP contribution >= 0.6 is 11.3 Å². The molecule has 0 aliphatic rings. The minimum Gasteiger partial charge on any atom is -0.489 e. The first kappa shape index (κ1) is 19.1. The van der Waals surface area contributed by atoms with Crippen LogP contribution in [0.25, 0.3) is 21.1 Å². The maximum Gasteiger partial charge on any atom is 0.373 e. The highest BCUT2D eigenvalue weighted by atomic mass is 32.1. The summed E-state index contributed by atoms with van der Waals surface area (Å²) in [4.78, 5) is 25.3. The topological polar surface area (TPSA) is 65.0 Å². The van der Waals surface area contributed by atoms with Gasteiger partial charge in [-0.3, -0.25) is 4.40 Å². The maximum atomic E-state index is 8.12. The zero-order chi connectivity index (χ0) is 19.9. The van der Waals surface area contributed by atoms with E-state index in [-0.39, 0.29) is 6.15 Å². The van der Waals surface area contributed by atoms with Crippen molar-refractivity contribution >= 4 is 28.1 Å². The van der Waals surface area contributed by atoms with E-state index in [1.165, 1.54) is 0 Å². The number of ether oxygens (including phenoxy) is 1. The fourth-order valence-corrected chi connectivity index (χ4v) is 3.37. The Balaban J connectivity index is 0.000000706. The Morgan fingerprint density at radius 1 is 1.21 bits per heavy atom. The number of benzene rings is 2. The number of aromatic nitrogens is 2. The molecule has 0 aliphatic heterocycles. The molecule has 0 atom stereocenters. The summed E-state index contributed by atoms with van der Waals surface area (Å²) in [6.45, 7) is 9.51. The van der Waals surface area contributed by atoms with Gasteiger partial charge < -0.3 is 4.74 Å². The van der Waals surface area contributed by atoms with Crippen LogP contribution in [0.15, 0.2) is 60.2 Å². The van der Waals surface area contributed by atoms with Gasteiger partial charge in [-0.25, -0.2) is 9.83 Å². The molecular weight excluding hydrogens is 374 g/mol. The number of hydrogen-bond donors (Lipinski definition) is 0. The van der Waals surface area contributed by atoms with Crippen LogP contribution in [0.4, 0.5) is 5.69 Å². The molecule has 0 fully saturated rings. The maximum absolute atomic E-state index is 8.12. The molecule has 28 heavy (non-hydrogen) atoms. The molecule has 2 aromatic carbocycles. The molecule has 4 aromatic rings. The van der Waals surface area contributed by atoms with Gasteiger partial charge in [-0.2, -0.15) is 9.59 Å². The molecule has 0 bridgehead atoms. The number of hydrogen-bond acceptors (Lipinski definition) is 5. The van der Waals surface area contributed by atoms with Crippen molar-refractivity contribution in [3.05, 3.63) is 82.8 Å². The van der Waals surface area contributed by atoms with Gasteiger partial charge in [-0.15, -0.1) is 11.3 Å². The minimum absolute atomic E-state index is 0.250. The normalized spacial score (nSPS) is 9.86. The van der Waals surface area contributed by atoms with Crippen molar-refractivity contribution in [3.8, 4) is 17.0 Å². The standard InChI is InChI=1S/C20H15N3OS.CO2/c1-14-11-16(18-12-23-9-10-25-20(23)22-18)5-8-19(14)24-13-15-3-6-17(21-2)7-4-15;2-1-3/h3-12H,13H2,1H3;. The number of imidazole rings is 1. The van der Waals surface area contributed by atoms with Gasteiger partial charge in [0.05, 0.1) is 12.3 Å². The van der Waals surface area contributed by atoms with Crippen molar-refractivity contribution in [3.63, 3.8) is 0 Å². The second-order valence-corrected chi connectivity index (χ2v) is 6.72. The number of rotatable bonds is 4. The molecule has 0 saturated carbocycles. The van der Waals surface area contributed by atoms with Gasteiger partial charge in [0, 0.05) is 23.3 Å². The lowest BCUT2D eigenvalue weighted by atomic mass is 10.1. The molecule has 2 heterocycles. The fourth-order valence-electron chi connectivity index (χ4n) is 2.67. The van der Waals surface area contributed by atoms with Gasteiger partial charge in [0.1, 0.15) is 12.4 Å². The summed E-state index contributed by atoms with van der Waals surface area (Å²) < 4.78 is 7.96. The summed E-state index contributed by atoms with van der Waals surface area (Å²) in [6.07, 6.45) is 4.31. The van der Waals surface area contributed by atoms with Gasteiger partial charge >= 0.3 is 6.15 Å². The van der Waals surface area contributed by atoms with Crippen LogP contribution < -0.4 is 4.74 Å². The molecule has 6 nitrogen and oxygen atoms in total. The summed E-state index contributed by atoms with van der Waals surface area (Å²) in [5, 5.41) is 2.03. The van der Waals surface area contributed by atoms with Crippen LogP contribution in [0.2, 0.25) is 0 Å². The van der Waals surface area contributed by atoms with E-state index in [1.54, 1.807) is 11.3 Å². The summed E-state index contributed by atoms with van der Waals surface area (Å²) in [5.74, 6) is 0.860. The van der Waals surface area contributed by atoms with Crippen molar-refractivity contribution in [1.29, 1.82) is 0 Å². The van der Waals surface area contributed by atoms with E-state index in [2.05, 4.69) is 15.9 Å². The molecule has 4 rings (SSSR count). The zero-order valence-electron chi connectivity index (χ0n) is 15.0. The summed E-state index contributed by atoms with van der Waals surface area (Å²) in [6, 6.07) is 13.6. The van der Waals surface area contributed by atoms with E-state index < -0.39 is 0 Å². The van der Waals surface area contributed by atoms with Crippen molar-refractivity contribution in [2.24, 2.45) is 0 Å². The summed E-state index contributed by atoms with van der Waals surface area (Å²) in [5.41, 5.74) is 4.82. The first-order valence-electron chi connectivity index (χ1n) is 8.26. The first-order chi connectivity index (χ1) is 13.6.